The minimum atomic E-state index is -0.639. The molecule has 0 spiro atoms. The molecule has 2 rings (SSSR count). The number of nitrogens with one attached hydrogen (secondary N) is 3. The number of carbonyl (C=O) groups excluding carboxylic acids is 2. The highest BCUT2D eigenvalue weighted by Gasteiger charge is 2.23. The van der Waals surface area contributed by atoms with Gasteiger partial charge in [0, 0.05) is 24.9 Å². The van der Waals surface area contributed by atoms with Crippen molar-refractivity contribution >= 4 is 24.2 Å². The maximum atomic E-state index is 12.9. The van der Waals surface area contributed by atoms with Crippen molar-refractivity contribution in [3.05, 3.63) is 65.7 Å². The Hall–Kier alpha value is -3.19. The maximum Gasteiger partial charge on any atom is 0.246 e. The van der Waals surface area contributed by atoms with E-state index < -0.39 is 6.04 Å². The number of hydrogen-bond donors (Lipinski definition) is 4. The number of aliphatic hydroxyl groups is 1. The molecule has 0 unspecified atom stereocenters. The average molecular weight is 425 g/mol. The number of amides is 2. The molecule has 31 heavy (non-hydrogen) atoms. The van der Waals surface area contributed by atoms with Crippen LogP contribution in [0.15, 0.2) is 59.7 Å². The van der Waals surface area contributed by atoms with Crippen LogP contribution >= 0.6 is 0 Å². The van der Waals surface area contributed by atoms with E-state index in [0.717, 1.165) is 24.0 Å². The van der Waals surface area contributed by atoms with Gasteiger partial charge in [-0.05, 0) is 48.9 Å². The smallest absolute Gasteiger partial charge is 0.246 e. The molecule has 0 bridgehead atoms. The number of rotatable bonds is 13. The number of carbonyl (C=O) groups is 2. The van der Waals surface area contributed by atoms with Crippen LogP contribution in [0.25, 0.3) is 0 Å². The first kappa shape index (κ1) is 24.1. The molecule has 0 saturated carbocycles. The summed E-state index contributed by atoms with van der Waals surface area (Å²) < 4.78 is 0. The van der Waals surface area contributed by atoms with Gasteiger partial charge in [0.1, 0.15) is 6.04 Å². The molecule has 2 aromatic rings. The lowest BCUT2D eigenvalue weighted by Crippen LogP contribution is -2.46. The Labute approximate surface area is 184 Å². The summed E-state index contributed by atoms with van der Waals surface area (Å²) in [5, 5.41) is 18.5. The highest BCUT2D eigenvalue weighted by atomic mass is 16.3. The van der Waals surface area contributed by atoms with Crippen molar-refractivity contribution in [3.8, 4) is 0 Å². The molecular weight excluding hydrogens is 392 g/mol. The van der Waals surface area contributed by atoms with Crippen LogP contribution in [0.4, 0.5) is 5.69 Å². The summed E-state index contributed by atoms with van der Waals surface area (Å²) in [7, 11) is 0. The first-order valence-electron chi connectivity index (χ1n) is 10.6. The van der Waals surface area contributed by atoms with Crippen molar-refractivity contribution < 1.29 is 14.7 Å². The summed E-state index contributed by atoms with van der Waals surface area (Å²) in [6.07, 6.45) is 2.68. The summed E-state index contributed by atoms with van der Waals surface area (Å²) in [5.41, 5.74) is 5.26. The van der Waals surface area contributed by atoms with Crippen LogP contribution < -0.4 is 16.1 Å². The van der Waals surface area contributed by atoms with Crippen LogP contribution in [0.2, 0.25) is 0 Å². The highest BCUT2D eigenvalue weighted by Crippen LogP contribution is 2.13. The van der Waals surface area contributed by atoms with E-state index in [2.05, 4.69) is 27.9 Å². The molecule has 2 amide bonds. The molecule has 2 atom stereocenters. The Kier molecular flexibility index (Phi) is 10.2. The number of benzene rings is 2. The minimum Gasteiger partial charge on any atom is -0.392 e. The number of hydrazone groups is 1. The fourth-order valence-corrected chi connectivity index (χ4v) is 3.20. The Balaban J connectivity index is 1.98. The maximum absolute atomic E-state index is 12.9. The minimum absolute atomic E-state index is 0.0557. The molecule has 0 radical (unpaired) electrons. The zero-order chi connectivity index (χ0) is 22.5. The molecule has 7 heteroatoms. The van der Waals surface area contributed by atoms with Crippen molar-refractivity contribution in [3.63, 3.8) is 0 Å². The van der Waals surface area contributed by atoms with Gasteiger partial charge in [0.25, 0.3) is 0 Å². The number of hydrogen-bond acceptors (Lipinski definition) is 5. The van der Waals surface area contributed by atoms with Gasteiger partial charge >= 0.3 is 0 Å². The average Bonchev–Trinajstić information content (AvgIpc) is 2.79. The zero-order valence-corrected chi connectivity index (χ0v) is 18.0. The first-order valence-corrected chi connectivity index (χ1v) is 10.6. The van der Waals surface area contributed by atoms with Gasteiger partial charge in [-0.2, -0.15) is 5.10 Å². The molecule has 0 saturated heterocycles. The second-order valence-corrected chi connectivity index (χ2v) is 7.56. The third-order valence-electron chi connectivity index (χ3n) is 5.01. The fourth-order valence-electron chi connectivity index (χ4n) is 3.20. The molecule has 0 aliphatic carbocycles. The summed E-state index contributed by atoms with van der Waals surface area (Å²) >= 11 is 0. The van der Waals surface area contributed by atoms with E-state index in [-0.39, 0.29) is 24.3 Å². The van der Waals surface area contributed by atoms with Gasteiger partial charge in [-0.1, -0.05) is 49.4 Å². The zero-order valence-electron chi connectivity index (χ0n) is 18.0. The van der Waals surface area contributed by atoms with Crippen LogP contribution in [0.5, 0.6) is 0 Å². The van der Waals surface area contributed by atoms with Crippen LogP contribution in [-0.4, -0.2) is 36.2 Å². The monoisotopic (exact) mass is 424 g/mol. The summed E-state index contributed by atoms with van der Waals surface area (Å²) in [4.78, 5) is 25.7. The summed E-state index contributed by atoms with van der Waals surface area (Å²) in [5.74, 6) is -0.662. The van der Waals surface area contributed by atoms with E-state index in [1.54, 1.807) is 24.3 Å². The third-order valence-corrected chi connectivity index (χ3v) is 5.01. The van der Waals surface area contributed by atoms with Gasteiger partial charge in [-0.3, -0.25) is 9.59 Å². The predicted octanol–water partition coefficient (Wildman–Crippen LogP) is 2.86. The molecule has 0 heterocycles. The highest BCUT2D eigenvalue weighted by molar-refractivity contribution is 5.97. The van der Waals surface area contributed by atoms with Crippen molar-refractivity contribution in [1.29, 1.82) is 0 Å². The fraction of sp³-hybridized carbons (Fsp3) is 0.375. The van der Waals surface area contributed by atoms with Crippen molar-refractivity contribution in [2.75, 3.05) is 11.9 Å². The number of nitrogens with zero attached hydrogens (tertiary/aromatic N) is 1. The lowest BCUT2D eigenvalue weighted by molar-refractivity contribution is -0.129. The quantitative estimate of drug-likeness (QED) is 0.226. The van der Waals surface area contributed by atoms with Gasteiger partial charge in [-0.15, -0.1) is 0 Å². The second-order valence-electron chi connectivity index (χ2n) is 7.56. The van der Waals surface area contributed by atoms with Gasteiger partial charge < -0.3 is 21.2 Å². The first-order chi connectivity index (χ1) is 15.0. The van der Waals surface area contributed by atoms with Crippen molar-refractivity contribution in [2.24, 2.45) is 11.0 Å². The standard InChI is InChI=1S/C24H32N4O3/c1-18(16-19-8-4-3-5-9-19)23(30)28-22(10-6-7-15-26-25-2)24(31)27-21-13-11-20(17-29)12-14-21/h3-5,8-9,11-14,18,22,26,29H,2,6-7,10,15-17H2,1H3,(H,27,31)(H,28,30)/t18-,22-/m0/s1. The molecule has 0 aliphatic heterocycles. The van der Waals surface area contributed by atoms with Crippen LogP contribution in [0.1, 0.15) is 37.3 Å². The molecule has 0 aromatic heterocycles. The molecule has 2 aromatic carbocycles. The molecule has 0 aliphatic rings. The van der Waals surface area contributed by atoms with Crippen LogP contribution in [0, 0.1) is 5.92 Å². The summed E-state index contributed by atoms with van der Waals surface area (Å²) in [6.45, 7) is 5.85. The molecular formula is C24H32N4O3. The molecule has 4 N–H and O–H groups in total. The van der Waals surface area contributed by atoms with Gasteiger partial charge in [0.15, 0.2) is 0 Å². The predicted molar refractivity (Wildman–Crippen MR) is 124 cm³/mol. The topological polar surface area (TPSA) is 103 Å². The van der Waals surface area contributed by atoms with Crippen molar-refractivity contribution in [1.82, 2.24) is 10.7 Å². The van der Waals surface area contributed by atoms with E-state index in [0.29, 0.717) is 25.1 Å². The number of anilines is 1. The van der Waals surface area contributed by atoms with Gasteiger partial charge in [0.05, 0.1) is 6.61 Å². The molecule has 0 fully saturated rings. The molecule has 7 nitrogen and oxygen atoms in total. The normalized spacial score (nSPS) is 12.5. The Morgan fingerprint density at radius 1 is 1.00 bits per heavy atom. The Morgan fingerprint density at radius 2 is 1.71 bits per heavy atom. The lowest BCUT2D eigenvalue weighted by Gasteiger charge is -2.21. The summed E-state index contributed by atoms with van der Waals surface area (Å²) in [6, 6.07) is 16.2. The number of unbranched alkanes of at least 4 members (excludes halogenated alkanes) is 1. The van der Waals surface area contributed by atoms with E-state index >= 15 is 0 Å². The third kappa shape index (κ3) is 8.60. The van der Waals surface area contributed by atoms with E-state index in [1.807, 2.05) is 37.3 Å². The Morgan fingerprint density at radius 3 is 2.35 bits per heavy atom. The SMILES string of the molecule is C=NNCCCC[C@H](NC(=O)[C@@H](C)Cc1ccccc1)C(=O)Nc1ccc(CO)cc1. The molecule has 166 valence electrons. The number of aliphatic hydroxyl groups excluding tert-OH is 1. The van der Waals surface area contributed by atoms with E-state index in [9.17, 15) is 9.59 Å². The lowest BCUT2D eigenvalue weighted by atomic mass is 9.99. The van der Waals surface area contributed by atoms with E-state index in [4.69, 9.17) is 5.11 Å². The van der Waals surface area contributed by atoms with Gasteiger partial charge in [-0.25, -0.2) is 0 Å². The van der Waals surface area contributed by atoms with Crippen LogP contribution in [-0.2, 0) is 22.6 Å². The van der Waals surface area contributed by atoms with E-state index in [1.165, 1.54) is 0 Å². The largest absolute Gasteiger partial charge is 0.392 e. The van der Waals surface area contributed by atoms with Crippen LogP contribution in [0.3, 0.4) is 0 Å². The van der Waals surface area contributed by atoms with Gasteiger partial charge in [0.2, 0.25) is 11.8 Å². The Bertz CT molecular complexity index is 824. The van der Waals surface area contributed by atoms with Crippen molar-refractivity contribution in [2.45, 2.75) is 45.3 Å². The second kappa shape index (κ2) is 13.2.